The molecule has 0 radical (unpaired) electrons. The first kappa shape index (κ1) is 9.16. The second-order valence-electron chi connectivity index (χ2n) is 4.44. The first-order chi connectivity index (χ1) is 6.09. The summed E-state index contributed by atoms with van der Waals surface area (Å²) in [5, 5.41) is 0. The highest BCUT2D eigenvalue weighted by atomic mass is 32.1. The number of thiazole rings is 1. The molecule has 2 N–H and O–H groups in total. The van der Waals surface area contributed by atoms with Gasteiger partial charge in [-0.05, 0) is 24.8 Å². The molecule has 1 saturated carbocycles. The fourth-order valence-electron chi connectivity index (χ4n) is 2.31. The summed E-state index contributed by atoms with van der Waals surface area (Å²) in [7, 11) is 0. The molecule has 1 aromatic heterocycles. The molecule has 1 aliphatic carbocycles. The van der Waals surface area contributed by atoms with Gasteiger partial charge in [0.1, 0.15) is 0 Å². The molecule has 1 fully saturated rings. The Bertz CT molecular complexity index is 316. The van der Waals surface area contributed by atoms with Crippen LogP contribution in [0.15, 0.2) is 5.51 Å². The summed E-state index contributed by atoms with van der Waals surface area (Å²) in [4.78, 5) is 5.73. The van der Waals surface area contributed by atoms with Crippen LogP contribution in [0.3, 0.4) is 0 Å². The molecular weight excluding hydrogens is 180 g/mol. The molecule has 2 nitrogen and oxygen atoms in total. The zero-order chi connectivity index (χ0) is 9.64. The number of hydrogen-bond acceptors (Lipinski definition) is 3. The topological polar surface area (TPSA) is 38.9 Å². The summed E-state index contributed by atoms with van der Waals surface area (Å²) < 4.78 is 0. The molecule has 3 heteroatoms. The van der Waals surface area contributed by atoms with Gasteiger partial charge < -0.3 is 5.73 Å². The van der Waals surface area contributed by atoms with Crippen molar-refractivity contribution in [3.63, 3.8) is 0 Å². The lowest BCUT2D eigenvalue weighted by Crippen LogP contribution is -2.05. The van der Waals surface area contributed by atoms with Crippen LogP contribution >= 0.6 is 11.3 Å². The molecular formula is C10H16N2S. The third kappa shape index (κ3) is 1.22. The lowest BCUT2D eigenvalue weighted by Gasteiger charge is -1.99. The van der Waals surface area contributed by atoms with E-state index < -0.39 is 0 Å². The summed E-state index contributed by atoms with van der Waals surface area (Å²) >= 11 is 1.77. The highest BCUT2D eigenvalue weighted by Crippen LogP contribution is 2.64. The van der Waals surface area contributed by atoms with Crippen LogP contribution in [-0.2, 0) is 0 Å². The van der Waals surface area contributed by atoms with Crippen LogP contribution in [0.5, 0.6) is 0 Å². The largest absolute Gasteiger partial charge is 0.330 e. The highest BCUT2D eigenvalue weighted by Gasteiger charge is 2.58. The number of rotatable bonds is 2. The zero-order valence-corrected chi connectivity index (χ0v) is 9.19. The molecule has 2 rings (SSSR count). The minimum atomic E-state index is 0.395. The maximum absolute atomic E-state index is 5.74. The molecule has 0 saturated heterocycles. The molecule has 0 aromatic carbocycles. The number of nitrogens with zero attached hydrogens (tertiary/aromatic N) is 1. The second kappa shape index (κ2) is 2.79. The number of nitrogens with two attached hydrogens (primary N) is 1. The number of hydrogen-bond donors (Lipinski definition) is 1. The Kier molecular flexibility index (Phi) is 1.96. The molecule has 0 unspecified atom stereocenters. The van der Waals surface area contributed by atoms with E-state index in [0.29, 0.717) is 17.3 Å². The van der Waals surface area contributed by atoms with E-state index in [1.165, 1.54) is 10.6 Å². The third-order valence-electron chi connectivity index (χ3n) is 3.37. The Hall–Kier alpha value is -0.410. The van der Waals surface area contributed by atoms with E-state index >= 15 is 0 Å². The predicted molar refractivity (Wildman–Crippen MR) is 55.9 cm³/mol. The molecule has 13 heavy (non-hydrogen) atoms. The maximum atomic E-state index is 5.74. The minimum absolute atomic E-state index is 0.395. The fraction of sp³-hybridized carbons (Fsp3) is 0.700. The van der Waals surface area contributed by atoms with Gasteiger partial charge in [-0.25, -0.2) is 4.98 Å². The van der Waals surface area contributed by atoms with Gasteiger partial charge in [0, 0.05) is 10.8 Å². The Morgan fingerprint density at radius 3 is 2.69 bits per heavy atom. The normalized spacial score (nSPS) is 30.5. The first-order valence-electron chi connectivity index (χ1n) is 4.69. The quantitative estimate of drug-likeness (QED) is 0.787. The van der Waals surface area contributed by atoms with Gasteiger partial charge in [-0.15, -0.1) is 11.3 Å². The van der Waals surface area contributed by atoms with E-state index in [1.807, 2.05) is 5.51 Å². The monoisotopic (exact) mass is 196 g/mol. The average molecular weight is 196 g/mol. The van der Waals surface area contributed by atoms with Gasteiger partial charge >= 0.3 is 0 Å². The van der Waals surface area contributed by atoms with Gasteiger partial charge in [-0.3, -0.25) is 0 Å². The number of aryl methyl sites for hydroxylation is 1. The molecule has 1 aliphatic rings. The van der Waals surface area contributed by atoms with Crippen molar-refractivity contribution in [3.8, 4) is 0 Å². The smallest absolute Gasteiger partial charge is 0.0797 e. The van der Waals surface area contributed by atoms with Crippen LogP contribution in [0.2, 0.25) is 0 Å². The number of aromatic nitrogens is 1. The summed E-state index contributed by atoms with van der Waals surface area (Å²) in [6.07, 6.45) is 0. The van der Waals surface area contributed by atoms with Crippen molar-refractivity contribution in [2.24, 2.45) is 17.1 Å². The average Bonchev–Trinajstić information content (AvgIpc) is 2.41. The molecule has 2 atom stereocenters. The first-order valence-corrected chi connectivity index (χ1v) is 5.57. The molecule has 72 valence electrons. The van der Waals surface area contributed by atoms with Crippen LogP contribution < -0.4 is 5.73 Å². The Morgan fingerprint density at radius 1 is 1.62 bits per heavy atom. The summed E-state index contributed by atoms with van der Waals surface area (Å²) in [5.74, 6) is 1.32. The van der Waals surface area contributed by atoms with Crippen molar-refractivity contribution in [3.05, 3.63) is 16.1 Å². The SMILES string of the molecule is Cc1ncsc1[C@H]1[C@H](CN)C1(C)C. The van der Waals surface area contributed by atoms with Crippen molar-refractivity contribution in [2.75, 3.05) is 6.54 Å². The van der Waals surface area contributed by atoms with E-state index in [4.69, 9.17) is 5.73 Å². The summed E-state index contributed by atoms with van der Waals surface area (Å²) in [6, 6.07) is 0. The van der Waals surface area contributed by atoms with Crippen LogP contribution in [0.25, 0.3) is 0 Å². The van der Waals surface area contributed by atoms with Crippen molar-refractivity contribution in [1.82, 2.24) is 4.98 Å². The van der Waals surface area contributed by atoms with Gasteiger partial charge in [0.15, 0.2) is 0 Å². The molecule has 1 aromatic rings. The van der Waals surface area contributed by atoms with Crippen molar-refractivity contribution in [1.29, 1.82) is 0 Å². The van der Waals surface area contributed by atoms with E-state index in [-0.39, 0.29) is 0 Å². The van der Waals surface area contributed by atoms with Crippen LogP contribution in [-0.4, -0.2) is 11.5 Å². The third-order valence-corrected chi connectivity index (χ3v) is 4.38. The molecule has 0 aliphatic heterocycles. The van der Waals surface area contributed by atoms with Gasteiger partial charge in [-0.1, -0.05) is 13.8 Å². The standard InChI is InChI=1S/C10H16N2S/c1-6-9(13-5-12-6)8-7(4-11)10(8,2)3/h5,7-8H,4,11H2,1-3H3/t7-,8+/m0/s1. The second-order valence-corrected chi connectivity index (χ2v) is 5.33. The van der Waals surface area contributed by atoms with E-state index in [1.54, 1.807) is 11.3 Å². The summed E-state index contributed by atoms with van der Waals surface area (Å²) in [6.45, 7) is 7.49. The van der Waals surface area contributed by atoms with Crippen molar-refractivity contribution < 1.29 is 0 Å². The molecule has 0 bridgehead atoms. The molecule has 0 amide bonds. The van der Waals surface area contributed by atoms with E-state index in [0.717, 1.165) is 6.54 Å². The Morgan fingerprint density at radius 2 is 2.31 bits per heavy atom. The van der Waals surface area contributed by atoms with Gasteiger partial charge in [0.05, 0.1) is 11.2 Å². The minimum Gasteiger partial charge on any atom is -0.330 e. The van der Waals surface area contributed by atoms with Crippen molar-refractivity contribution >= 4 is 11.3 Å². The van der Waals surface area contributed by atoms with Gasteiger partial charge in [-0.2, -0.15) is 0 Å². The van der Waals surface area contributed by atoms with Crippen LogP contribution in [0.1, 0.15) is 30.3 Å². The summed E-state index contributed by atoms with van der Waals surface area (Å²) in [5.41, 5.74) is 9.27. The lowest BCUT2D eigenvalue weighted by atomic mass is 10.1. The maximum Gasteiger partial charge on any atom is 0.0797 e. The van der Waals surface area contributed by atoms with Crippen molar-refractivity contribution in [2.45, 2.75) is 26.7 Å². The zero-order valence-electron chi connectivity index (χ0n) is 8.37. The Balaban J connectivity index is 2.26. The van der Waals surface area contributed by atoms with Crippen LogP contribution in [0.4, 0.5) is 0 Å². The predicted octanol–water partition coefficient (Wildman–Crippen LogP) is 2.15. The lowest BCUT2D eigenvalue weighted by molar-refractivity contribution is 0.559. The molecule has 1 heterocycles. The Labute approximate surface area is 83.2 Å². The van der Waals surface area contributed by atoms with Gasteiger partial charge in [0.25, 0.3) is 0 Å². The van der Waals surface area contributed by atoms with E-state index in [9.17, 15) is 0 Å². The van der Waals surface area contributed by atoms with E-state index in [2.05, 4.69) is 25.8 Å². The molecule has 0 spiro atoms. The fourth-order valence-corrected chi connectivity index (χ4v) is 3.48. The van der Waals surface area contributed by atoms with Gasteiger partial charge in [0.2, 0.25) is 0 Å². The van der Waals surface area contributed by atoms with Crippen LogP contribution in [0, 0.1) is 18.3 Å². The highest BCUT2D eigenvalue weighted by molar-refractivity contribution is 7.09.